The molecule has 150 valence electrons. The first kappa shape index (κ1) is 19.2. The van der Waals surface area contributed by atoms with E-state index in [0.29, 0.717) is 26.1 Å². The van der Waals surface area contributed by atoms with Gasteiger partial charge >= 0.3 is 0 Å². The summed E-state index contributed by atoms with van der Waals surface area (Å²) >= 11 is 0. The minimum absolute atomic E-state index is 0.0158. The number of aromatic nitrogens is 2. The maximum absolute atomic E-state index is 13.0. The SMILES string of the molecule is CCN1CC(c2nc3ccccc3n2CC(=O)N(C)Cc2ccccc2)CC1=O. The van der Waals surface area contributed by atoms with Gasteiger partial charge < -0.3 is 14.4 Å². The topological polar surface area (TPSA) is 58.4 Å². The molecule has 1 aliphatic rings. The Balaban J connectivity index is 1.60. The Bertz CT molecular complexity index is 1030. The van der Waals surface area contributed by atoms with Crippen LogP contribution in [0, 0.1) is 0 Å². The van der Waals surface area contributed by atoms with Gasteiger partial charge in [-0.15, -0.1) is 0 Å². The van der Waals surface area contributed by atoms with Gasteiger partial charge in [-0.05, 0) is 24.6 Å². The summed E-state index contributed by atoms with van der Waals surface area (Å²) in [7, 11) is 1.83. The van der Waals surface area contributed by atoms with E-state index in [4.69, 9.17) is 4.98 Å². The zero-order valence-corrected chi connectivity index (χ0v) is 16.9. The van der Waals surface area contributed by atoms with E-state index in [1.54, 1.807) is 4.90 Å². The van der Waals surface area contributed by atoms with Gasteiger partial charge in [0.15, 0.2) is 0 Å². The normalized spacial score (nSPS) is 16.6. The van der Waals surface area contributed by atoms with E-state index in [1.807, 2.05) is 78.0 Å². The molecule has 3 aromatic rings. The Morgan fingerprint density at radius 2 is 1.86 bits per heavy atom. The molecule has 4 rings (SSSR count). The van der Waals surface area contributed by atoms with Crippen molar-refractivity contribution in [1.29, 1.82) is 0 Å². The molecule has 1 unspecified atom stereocenters. The first-order valence-electron chi connectivity index (χ1n) is 10.1. The lowest BCUT2D eigenvalue weighted by Crippen LogP contribution is -2.30. The van der Waals surface area contributed by atoms with Crippen molar-refractivity contribution in [3.63, 3.8) is 0 Å². The number of rotatable bonds is 6. The number of carbonyl (C=O) groups is 2. The van der Waals surface area contributed by atoms with Crippen LogP contribution in [-0.4, -0.2) is 51.3 Å². The Hall–Kier alpha value is -3.15. The molecule has 0 N–H and O–H groups in total. The molecule has 1 aromatic heterocycles. The van der Waals surface area contributed by atoms with Crippen molar-refractivity contribution in [3.05, 3.63) is 66.0 Å². The third-order valence-electron chi connectivity index (χ3n) is 5.63. The van der Waals surface area contributed by atoms with Crippen molar-refractivity contribution < 1.29 is 9.59 Å². The standard InChI is InChI=1S/C23H26N4O2/c1-3-26-15-18(13-21(26)28)23-24-19-11-7-8-12-20(19)27(23)16-22(29)25(2)14-17-9-5-4-6-10-17/h4-12,18H,3,13-16H2,1-2H3. The number of hydrogen-bond donors (Lipinski definition) is 0. The van der Waals surface area contributed by atoms with E-state index in [9.17, 15) is 9.59 Å². The molecule has 0 radical (unpaired) electrons. The minimum atomic E-state index is 0.0158. The van der Waals surface area contributed by atoms with E-state index >= 15 is 0 Å². The monoisotopic (exact) mass is 390 g/mol. The van der Waals surface area contributed by atoms with Gasteiger partial charge in [0.1, 0.15) is 12.4 Å². The molecule has 29 heavy (non-hydrogen) atoms. The first-order chi connectivity index (χ1) is 14.1. The molecule has 2 heterocycles. The smallest absolute Gasteiger partial charge is 0.242 e. The van der Waals surface area contributed by atoms with Crippen LogP contribution >= 0.6 is 0 Å². The molecule has 1 atom stereocenters. The molecule has 0 bridgehead atoms. The Morgan fingerprint density at radius 3 is 2.59 bits per heavy atom. The molecule has 0 aliphatic carbocycles. The van der Waals surface area contributed by atoms with Crippen molar-refractivity contribution in [1.82, 2.24) is 19.4 Å². The Labute approximate surface area is 170 Å². The van der Waals surface area contributed by atoms with Crippen LogP contribution in [-0.2, 0) is 22.7 Å². The van der Waals surface area contributed by atoms with Crippen molar-refractivity contribution in [2.45, 2.75) is 32.4 Å². The Kier molecular flexibility index (Phi) is 5.34. The van der Waals surface area contributed by atoms with Crippen molar-refractivity contribution in [2.24, 2.45) is 0 Å². The fourth-order valence-electron chi connectivity index (χ4n) is 4.02. The van der Waals surface area contributed by atoms with E-state index in [-0.39, 0.29) is 24.3 Å². The van der Waals surface area contributed by atoms with Gasteiger partial charge in [-0.25, -0.2) is 4.98 Å². The van der Waals surface area contributed by atoms with Gasteiger partial charge in [0, 0.05) is 39.0 Å². The van der Waals surface area contributed by atoms with Crippen LogP contribution in [0.3, 0.4) is 0 Å². The van der Waals surface area contributed by atoms with E-state index < -0.39 is 0 Å². The van der Waals surface area contributed by atoms with Crippen LogP contribution in [0.4, 0.5) is 0 Å². The fourth-order valence-corrected chi connectivity index (χ4v) is 4.02. The Morgan fingerprint density at radius 1 is 1.14 bits per heavy atom. The summed E-state index contributed by atoms with van der Waals surface area (Å²) in [6.45, 7) is 4.13. The summed E-state index contributed by atoms with van der Waals surface area (Å²) in [4.78, 5) is 33.7. The lowest BCUT2D eigenvalue weighted by molar-refractivity contribution is -0.131. The van der Waals surface area contributed by atoms with Crippen LogP contribution in [0.1, 0.15) is 30.7 Å². The van der Waals surface area contributed by atoms with Gasteiger partial charge in [0.2, 0.25) is 11.8 Å². The fraction of sp³-hybridized carbons (Fsp3) is 0.348. The molecule has 1 aliphatic heterocycles. The third kappa shape index (κ3) is 3.88. The second-order valence-electron chi connectivity index (χ2n) is 7.61. The van der Waals surface area contributed by atoms with Crippen LogP contribution < -0.4 is 0 Å². The zero-order valence-electron chi connectivity index (χ0n) is 16.9. The predicted molar refractivity (Wildman–Crippen MR) is 112 cm³/mol. The summed E-state index contributed by atoms with van der Waals surface area (Å²) in [5, 5.41) is 0. The number of carbonyl (C=O) groups excluding carboxylic acids is 2. The number of fused-ring (bicyclic) bond motifs is 1. The third-order valence-corrected chi connectivity index (χ3v) is 5.63. The van der Waals surface area contributed by atoms with Crippen molar-refractivity contribution in [2.75, 3.05) is 20.1 Å². The number of nitrogens with zero attached hydrogens (tertiary/aromatic N) is 4. The minimum Gasteiger partial charge on any atom is -0.342 e. The first-order valence-corrected chi connectivity index (χ1v) is 10.1. The zero-order chi connectivity index (χ0) is 20.4. The number of hydrogen-bond acceptors (Lipinski definition) is 3. The molecule has 1 fully saturated rings. The highest BCUT2D eigenvalue weighted by atomic mass is 16.2. The number of para-hydroxylation sites is 2. The quantitative estimate of drug-likeness (QED) is 0.650. The van der Waals surface area contributed by atoms with Crippen LogP contribution in [0.15, 0.2) is 54.6 Å². The van der Waals surface area contributed by atoms with E-state index in [0.717, 1.165) is 22.4 Å². The van der Waals surface area contributed by atoms with Crippen molar-refractivity contribution >= 4 is 22.8 Å². The molecule has 6 heteroatoms. The largest absolute Gasteiger partial charge is 0.342 e. The molecule has 1 saturated heterocycles. The van der Waals surface area contributed by atoms with Crippen LogP contribution in [0.5, 0.6) is 0 Å². The summed E-state index contributed by atoms with van der Waals surface area (Å²) in [5.74, 6) is 1.03. The summed E-state index contributed by atoms with van der Waals surface area (Å²) < 4.78 is 2.00. The summed E-state index contributed by atoms with van der Waals surface area (Å²) in [6.07, 6.45) is 0.450. The molecular weight excluding hydrogens is 364 g/mol. The number of amides is 2. The highest BCUT2D eigenvalue weighted by Gasteiger charge is 2.33. The molecular formula is C23H26N4O2. The second kappa shape index (κ2) is 8.07. The van der Waals surface area contributed by atoms with Crippen LogP contribution in [0.2, 0.25) is 0 Å². The molecule has 0 spiro atoms. The number of benzene rings is 2. The second-order valence-corrected chi connectivity index (χ2v) is 7.61. The lowest BCUT2D eigenvalue weighted by atomic mass is 10.1. The van der Waals surface area contributed by atoms with Gasteiger partial charge in [-0.3, -0.25) is 9.59 Å². The summed E-state index contributed by atoms with van der Waals surface area (Å²) in [5.41, 5.74) is 2.90. The highest BCUT2D eigenvalue weighted by molar-refractivity contribution is 5.83. The average Bonchev–Trinajstić information content (AvgIpc) is 3.29. The van der Waals surface area contributed by atoms with Gasteiger partial charge in [0.05, 0.1) is 11.0 Å². The maximum atomic E-state index is 13.0. The molecule has 2 aromatic carbocycles. The molecule has 0 saturated carbocycles. The van der Waals surface area contributed by atoms with Gasteiger partial charge in [-0.2, -0.15) is 0 Å². The average molecular weight is 390 g/mol. The predicted octanol–water partition coefficient (Wildman–Crippen LogP) is 3.03. The molecule has 2 amide bonds. The van der Waals surface area contributed by atoms with Crippen LogP contribution in [0.25, 0.3) is 11.0 Å². The summed E-state index contributed by atoms with van der Waals surface area (Å²) in [6, 6.07) is 17.8. The maximum Gasteiger partial charge on any atom is 0.242 e. The van der Waals surface area contributed by atoms with Gasteiger partial charge in [0.25, 0.3) is 0 Å². The van der Waals surface area contributed by atoms with Crippen molar-refractivity contribution in [3.8, 4) is 0 Å². The lowest BCUT2D eigenvalue weighted by Gasteiger charge is -2.20. The number of imidazole rings is 1. The molecule has 6 nitrogen and oxygen atoms in total. The number of likely N-dealkylation sites (tertiary alicyclic amines) is 1. The van der Waals surface area contributed by atoms with E-state index in [2.05, 4.69) is 0 Å². The highest BCUT2D eigenvalue weighted by Crippen LogP contribution is 2.30. The van der Waals surface area contributed by atoms with Gasteiger partial charge in [-0.1, -0.05) is 42.5 Å². The number of likely N-dealkylation sites (N-methyl/N-ethyl adjacent to an activating group) is 2. The van der Waals surface area contributed by atoms with E-state index in [1.165, 1.54) is 0 Å².